The van der Waals surface area contributed by atoms with Gasteiger partial charge >= 0.3 is 6.18 Å². The van der Waals surface area contributed by atoms with Crippen LogP contribution in [0.5, 0.6) is 0 Å². The van der Waals surface area contributed by atoms with Crippen LogP contribution in [0.25, 0.3) is 72.3 Å². The summed E-state index contributed by atoms with van der Waals surface area (Å²) >= 11 is 0. The van der Waals surface area contributed by atoms with Gasteiger partial charge in [0.15, 0.2) is 0 Å². The van der Waals surface area contributed by atoms with Crippen LogP contribution in [0.1, 0.15) is 81.9 Å². The Morgan fingerprint density at radius 2 is 1.25 bits per heavy atom. The molecule has 2 heterocycles. The zero-order valence-electron chi connectivity index (χ0n) is 31.5. The lowest BCUT2D eigenvalue weighted by Gasteiger charge is -2.32. The summed E-state index contributed by atoms with van der Waals surface area (Å²) < 4.78 is 52.8. The summed E-state index contributed by atoms with van der Waals surface area (Å²) in [7, 11) is 0. The van der Waals surface area contributed by atoms with Crippen molar-refractivity contribution >= 4 is 33.0 Å². The number of hydrogen-bond acceptors (Lipinski definition) is 2. The summed E-state index contributed by atoms with van der Waals surface area (Å²) in [6.45, 7) is 8.94. The number of alkyl halides is 3. The predicted octanol–water partition coefficient (Wildman–Crippen LogP) is 14.5. The number of furan rings is 1. The standard InChI is InChI=1S/C49H43F3N2O/c1-30(2)40-27-35(34-21-19-33(20-22-34)32-13-6-5-7-14-32)28-41(31(3)4)45(40)54-43-18-9-8-17-42(43)53-47(54)39-16-12-15-38-37-24-23-36(29-44(37)55-46(38)39)48(49(50,51)52)25-10-11-26-48/h5-9,12-24,27-31H,10-11,25-26H2,1-4H3. The second kappa shape index (κ2) is 13.3. The van der Waals surface area contributed by atoms with E-state index in [1.807, 2.05) is 48.5 Å². The first-order valence-electron chi connectivity index (χ1n) is 19.4. The quantitative estimate of drug-likeness (QED) is 0.163. The Morgan fingerprint density at radius 1 is 0.636 bits per heavy atom. The number of rotatable bonds is 7. The molecule has 0 aliphatic heterocycles. The second-order valence-corrected chi connectivity index (χ2v) is 15.8. The van der Waals surface area contributed by atoms with E-state index in [4.69, 9.17) is 9.40 Å². The van der Waals surface area contributed by atoms with Gasteiger partial charge in [0.25, 0.3) is 0 Å². The average molecular weight is 733 g/mol. The maximum absolute atomic E-state index is 14.6. The molecule has 3 nitrogen and oxygen atoms in total. The number of halogens is 3. The maximum atomic E-state index is 14.6. The van der Waals surface area contributed by atoms with E-state index >= 15 is 0 Å². The molecule has 6 aromatic carbocycles. The Bertz CT molecular complexity index is 2660. The zero-order chi connectivity index (χ0) is 38.1. The first-order chi connectivity index (χ1) is 26.5. The molecule has 2 aromatic heterocycles. The summed E-state index contributed by atoms with van der Waals surface area (Å²) in [6, 6.07) is 43.2. The van der Waals surface area contributed by atoms with Gasteiger partial charge in [0.2, 0.25) is 0 Å². The van der Waals surface area contributed by atoms with E-state index < -0.39 is 11.6 Å². The van der Waals surface area contributed by atoms with Crippen molar-refractivity contribution in [2.45, 2.75) is 76.8 Å². The number of benzene rings is 6. The molecule has 1 aliphatic rings. The number of para-hydroxylation sites is 3. The lowest BCUT2D eigenvalue weighted by atomic mass is 9.78. The van der Waals surface area contributed by atoms with Crippen molar-refractivity contribution in [1.29, 1.82) is 0 Å². The smallest absolute Gasteiger partial charge is 0.398 e. The van der Waals surface area contributed by atoms with Crippen molar-refractivity contribution in [1.82, 2.24) is 9.55 Å². The highest BCUT2D eigenvalue weighted by Crippen LogP contribution is 2.53. The van der Waals surface area contributed by atoms with E-state index in [0.29, 0.717) is 24.0 Å². The van der Waals surface area contributed by atoms with Crippen LogP contribution in [0, 0.1) is 0 Å². The third-order valence-corrected chi connectivity index (χ3v) is 11.8. The molecule has 0 unspecified atom stereocenters. The van der Waals surface area contributed by atoms with Gasteiger partial charge < -0.3 is 4.42 Å². The monoisotopic (exact) mass is 732 g/mol. The molecule has 0 spiro atoms. The van der Waals surface area contributed by atoms with Crippen molar-refractivity contribution in [3.05, 3.63) is 144 Å². The molecule has 0 radical (unpaired) electrons. The van der Waals surface area contributed by atoms with Crippen LogP contribution >= 0.6 is 0 Å². The third kappa shape index (κ3) is 5.76. The van der Waals surface area contributed by atoms with Gasteiger partial charge in [0, 0.05) is 10.8 Å². The Balaban J connectivity index is 1.24. The number of nitrogens with zero attached hydrogens (tertiary/aromatic N) is 2. The largest absolute Gasteiger partial charge is 0.455 e. The van der Waals surface area contributed by atoms with E-state index in [2.05, 4.69) is 99.0 Å². The molecule has 1 fully saturated rings. The first-order valence-corrected chi connectivity index (χ1v) is 19.4. The number of imidazole rings is 1. The molecular weight excluding hydrogens is 690 g/mol. The van der Waals surface area contributed by atoms with E-state index in [0.717, 1.165) is 50.0 Å². The van der Waals surface area contributed by atoms with Crippen LogP contribution in [-0.2, 0) is 5.41 Å². The van der Waals surface area contributed by atoms with Crippen LogP contribution in [0.15, 0.2) is 132 Å². The molecule has 0 saturated heterocycles. The van der Waals surface area contributed by atoms with E-state index in [1.165, 1.54) is 22.3 Å². The molecule has 1 saturated carbocycles. The molecule has 55 heavy (non-hydrogen) atoms. The highest BCUT2D eigenvalue weighted by atomic mass is 19.4. The predicted molar refractivity (Wildman–Crippen MR) is 219 cm³/mol. The second-order valence-electron chi connectivity index (χ2n) is 15.8. The molecule has 276 valence electrons. The molecule has 0 amide bonds. The van der Waals surface area contributed by atoms with Crippen molar-refractivity contribution < 1.29 is 17.6 Å². The fourth-order valence-corrected chi connectivity index (χ4v) is 8.89. The van der Waals surface area contributed by atoms with Crippen LogP contribution in [0.3, 0.4) is 0 Å². The topological polar surface area (TPSA) is 31.0 Å². The molecular formula is C49H43F3N2O. The van der Waals surface area contributed by atoms with Crippen LogP contribution in [0.4, 0.5) is 13.2 Å². The fourth-order valence-electron chi connectivity index (χ4n) is 8.89. The number of aromatic nitrogens is 2. The SMILES string of the molecule is CC(C)c1cc(-c2ccc(-c3ccccc3)cc2)cc(C(C)C)c1-n1c(-c2cccc3c2oc2cc(C4(C(F)(F)F)CCCC4)ccc23)nc2ccccc21. The van der Waals surface area contributed by atoms with Gasteiger partial charge in [0.05, 0.1) is 27.7 Å². The van der Waals surface area contributed by atoms with E-state index in [1.54, 1.807) is 12.1 Å². The average Bonchev–Trinajstić information content (AvgIpc) is 3.94. The van der Waals surface area contributed by atoms with Gasteiger partial charge in [-0.05, 0) is 100 Å². The molecule has 9 rings (SSSR count). The highest BCUT2D eigenvalue weighted by molar-refractivity contribution is 6.09. The zero-order valence-corrected chi connectivity index (χ0v) is 31.5. The van der Waals surface area contributed by atoms with Gasteiger partial charge in [-0.1, -0.05) is 132 Å². The summed E-state index contributed by atoms with van der Waals surface area (Å²) in [5, 5.41) is 1.65. The first kappa shape index (κ1) is 35.1. The highest BCUT2D eigenvalue weighted by Gasteiger charge is 2.56. The van der Waals surface area contributed by atoms with Crippen molar-refractivity contribution in [3.63, 3.8) is 0 Å². The minimum atomic E-state index is -4.33. The van der Waals surface area contributed by atoms with E-state index in [9.17, 15) is 13.2 Å². The number of fused-ring (bicyclic) bond motifs is 4. The van der Waals surface area contributed by atoms with Gasteiger partial charge in [0.1, 0.15) is 17.0 Å². The summed E-state index contributed by atoms with van der Waals surface area (Å²) in [6.07, 6.45) is -2.99. The maximum Gasteiger partial charge on any atom is 0.398 e. The Labute approximate surface area is 319 Å². The summed E-state index contributed by atoms with van der Waals surface area (Å²) in [4.78, 5) is 5.28. The normalized spacial score (nSPS) is 14.6. The minimum absolute atomic E-state index is 0.103. The molecule has 0 atom stereocenters. The van der Waals surface area contributed by atoms with Crippen molar-refractivity contribution in [3.8, 4) is 39.3 Å². The summed E-state index contributed by atoms with van der Waals surface area (Å²) in [5.74, 6) is 1.10. The third-order valence-electron chi connectivity index (χ3n) is 11.8. The molecule has 0 bridgehead atoms. The fraction of sp³-hybridized carbons (Fsp3) is 0.245. The van der Waals surface area contributed by atoms with Crippen LogP contribution < -0.4 is 0 Å². The lowest BCUT2D eigenvalue weighted by molar-refractivity contribution is -0.189. The van der Waals surface area contributed by atoms with Crippen LogP contribution in [0.2, 0.25) is 0 Å². The van der Waals surface area contributed by atoms with Crippen molar-refractivity contribution in [2.24, 2.45) is 0 Å². The minimum Gasteiger partial charge on any atom is -0.455 e. The van der Waals surface area contributed by atoms with Gasteiger partial charge in [-0.2, -0.15) is 13.2 Å². The molecule has 6 heteroatoms. The Hall–Kier alpha value is -5.62. The summed E-state index contributed by atoms with van der Waals surface area (Å²) in [5.41, 5.74) is 10.3. The van der Waals surface area contributed by atoms with Gasteiger partial charge in [-0.3, -0.25) is 4.57 Å². The lowest BCUT2D eigenvalue weighted by Crippen LogP contribution is -2.39. The van der Waals surface area contributed by atoms with Crippen LogP contribution in [-0.4, -0.2) is 15.7 Å². The Kier molecular flexibility index (Phi) is 8.49. The molecule has 0 N–H and O–H groups in total. The van der Waals surface area contributed by atoms with Crippen molar-refractivity contribution in [2.75, 3.05) is 0 Å². The van der Waals surface area contributed by atoms with E-state index in [-0.39, 0.29) is 30.2 Å². The van der Waals surface area contributed by atoms with Gasteiger partial charge in [-0.15, -0.1) is 0 Å². The Morgan fingerprint density at radius 3 is 1.91 bits per heavy atom. The number of hydrogen-bond donors (Lipinski definition) is 0. The van der Waals surface area contributed by atoms with Gasteiger partial charge in [-0.25, -0.2) is 4.98 Å². The molecule has 8 aromatic rings. The molecule has 1 aliphatic carbocycles.